The predicted octanol–water partition coefficient (Wildman–Crippen LogP) is 4.28. The van der Waals surface area contributed by atoms with E-state index in [4.69, 9.17) is 27.9 Å². The molecule has 0 spiro atoms. The van der Waals surface area contributed by atoms with E-state index in [1.165, 1.54) is 0 Å². The van der Waals surface area contributed by atoms with Crippen LogP contribution in [0.2, 0.25) is 10.0 Å². The summed E-state index contributed by atoms with van der Waals surface area (Å²) in [5.41, 5.74) is 1.66. The monoisotopic (exact) mass is 313 g/mol. The molecule has 1 aromatic carbocycles. The molecular weight excluding hydrogens is 297 g/mol. The maximum Gasteiger partial charge on any atom is 0.207 e. The second-order valence-electron chi connectivity index (χ2n) is 4.47. The summed E-state index contributed by atoms with van der Waals surface area (Å²) in [6, 6.07) is 3.71. The zero-order valence-electron chi connectivity index (χ0n) is 11.5. The van der Waals surface area contributed by atoms with Crippen LogP contribution in [0.4, 0.5) is 11.6 Å². The van der Waals surface area contributed by atoms with Crippen molar-refractivity contribution in [2.75, 3.05) is 19.0 Å². The van der Waals surface area contributed by atoms with Gasteiger partial charge in [0.15, 0.2) is 0 Å². The summed E-state index contributed by atoms with van der Waals surface area (Å²) < 4.78 is 7.06. The van der Waals surface area contributed by atoms with Crippen LogP contribution in [0, 0.1) is 6.92 Å². The van der Waals surface area contributed by atoms with Gasteiger partial charge in [-0.25, -0.2) is 4.98 Å². The van der Waals surface area contributed by atoms with Crippen molar-refractivity contribution < 1.29 is 4.74 Å². The number of rotatable bonds is 6. The summed E-state index contributed by atoms with van der Waals surface area (Å²) in [5, 5.41) is 4.39. The second kappa shape index (κ2) is 6.97. The molecule has 0 atom stereocenters. The molecule has 0 aliphatic carbocycles. The quantitative estimate of drug-likeness (QED) is 0.809. The van der Waals surface area contributed by atoms with E-state index in [1.54, 1.807) is 13.3 Å². The number of hydrogen-bond donors (Lipinski definition) is 1. The Morgan fingerprint density at radius 1 is 1.35 bits per heavy atom. The molecule has 0 radical (unpaired) electrons. The van der Waals surface area contributed by atoms with Crippen molar-refractivity contribution >= 4 is 34.8 Å². The van der Waals surface area contributed by atoms with Crippen molar-refractivity contribution in [3.8, 4) is 0 Å². The molecule has 0 saturated carbocycles. The highest BCUT2D eigenvalue weighted by Crippen LogP contribution is 2.34. The third kappa shape index (κ3) is 3.45. The van der Waals surface area contributed by atoms with Gasteiger partial charge >= 0.3 is 0 Å². The Morgan fingerprint density at radius 2 is 2.15 bits per heavy atom. The summed E-state index contributed by atoms with van der Waals surface area (Å²) in [4.78, 5) is 4.30. The van der Waals surface area contributed by atoms with E-state index in [0.717, 1.165) is 24.5 Å². The van der Waals surface area contributed by atoms with Gasteiger partial charge in [0.2, 0.25) is 5.95 Å². The molecule has 2 rings (SSSR count). The Hall–Kier alpha value is -1.23. The van der Waals surface area contributed by atoms with E-state index in [-0.39, 0.29) is 0 Å². The van der Waals surface area contributed by atoms with Crippen LogP contribution in [0.3, 0.4) is 0 Å². The van der Waals surface area contributed by atoms with Crippen molar-refractivity contribution in [3.05, 3.63) is 40.1 Å². The molecule has 1 aromatic heterocycles. The van der Waals surface area contributed by atoms with E-state index < -0.39 is 0 Å². The molecule has 0 aliphatic heterocycles. The Bertz CT molecular complexity index is 584. The summed E-state index contributed by atoms with van der Waals surface area (Å²) in [7, 11) is 1.69. The topological polar surface area (TPSA) is 39.1 Å². The Labute approximate surface area is 128 Å². The first-order valence-corrected chi connectivity index (χ1v) is 7.10. The van der Waals surface area contributed by atoms with Crippen LogP contribution in [-0.2, 0) is 11.3 Å². The second-order valence-corrected chi connectivity index (χ2v) is 5.25. The van der Waals surface area contributed by atoms with E-state index in [0.29, 0.717) is 22.3 Å². The molecule has 2 aromatic rings. The minimum Gasteiger partial charge on any atom is -0.385 e. The molecule has 0 aliphatic rings. The molecule has 108 valence electrons. The van der Waals surface area contributed by atoms with Gasteiger partial charge in [-0.3, -0.25) is 0 Å². The number of halogens is 2. The number of nitrogens with one attached hydrogen (secondary N) is 1. The highest BCUT2D eigenvalue weighted by Gasteiger charge is 2.11. The number of hydrogen-bond acceptors (Lipinski definition) is 3. The lowest BCUT2D eigenvalue weighted by atomic mass is 10.2. The SMILES string of the molecule is COCCCn1ccnc1Nc1c(Cl)ccc(C)c1Cl. The lowest BCUT2D eigenvalue weighted by Gasteiger charge is -2.13. The van der Waals surface area contributed by atoms with Crippen molar-refractivity contribution in [3.63, 3.8) is 0 Å². The van der Waals surface area contributed by atoms with Gasteiger partial charge in [-0.05, 0) is 25.0 Å². The zero-order chi connectivity index (χ0) is 14.5. The maximum atomic E-state index is 6.29. The van der Waals surface area contributed by atoms with E-state index in [9.17, 15) is 0 Å². The molecule has 6 heteroatoms. The molecule has 0 saturated heterocycles. The minimum atomic E-state index is 0.576. The summed E-state index contributed by atoms with van der Waals surface area (Å²) in [6.07, 6.45) is 4.57. The van der Waals surface area contributed by atoms with Crippen LogP contribution < -0.4 is 5.32 Å². The summed E-state index contributed by atoms with van der Waals surface area (Å²) in [6.45, 7) is 3.47. The number of aryl methyl sites for hydroxylation is 2. The number of benzene rings is 1. The van der Waals surface area contributed by atoms with Crippen LogP contribution in [0.5, 0.6) is 0 Å². The Balaban J connectivity index is 2.19. The zero-order valence-corrected chi connectivity index (χ0v) is 13.0. The first-order chi connectivity index (χ1) is 9.63. The number of nitrogens with zero attached hydrogens (tertiary/aromatic N) is 2. The maximum absolute atomic E-state index is 6.29. The van der Waals surface area contributed by atoms with E-state index >= 15 is 0 Å². The first kappa shape index (κ1) is 15.2. The molecule has 4 nitrogen and oxygen atoms in total. The number of anilines is 2. The standard InChI is InChI=1S/C14H17Cl2N3O/c1-10-4-5-11(15)13(12(10)16)18-14-17-6-8-19(14)7-3-9-20-2/h4-6,8H,3,7,9H2,1-2H3,(H,17,18). The third-order valence-corrected chi connectivity index (χ3v) is 3.79. The lowest BCUT2D eigenvalue weighted by Crippen LogP contribution is -2.06. The fraction of sp³-hybridized carbons (Fsp3) is 0.357. The van der Waals surface area contributed by atoms with Gasteiger partial charge in [0.25, 0.3) is 0 Å². The summed E-state index contributed by atoms with van der Waals surface area (Å²) in [5.74, 6) is 0.718. The predicted molar refractivity (Wildman–Crippen MR) is 83.2 cm³/mol. The van der Waals surface area contributed by atoms with Crippen molar-refractivity contribution in [1.82, 2.24) is 9.55 Å². The highest BCUT2D eigenvalue weighted by atomic mass is 35.5. The fourth-order valence-electron chi connectivity index (χ4n) is 1.88. The van der Waals surface area contributed by atoms with Crippen molar-refractivity contribution in [1.29, 1.82) is 0 Å². The normalized spacial score (nSPS) is 10.8. The van der Waals surface area contributed by atoms with Gasteiger partial charge in [0.05, 0.1) is 15.7 Å². The number of aromatic nitrogens is 2. The van der Waals surface area contributed by atoms with E-state index in [1.807, 2.05) is 29.8 Å². The van der Waals surface area contributed by atoms with Gasteiger partial charge < -0.3 is 14.6 Å². The van der Waals surface area contributed by atoms with E-state index in [2.05, 4.69) is 10.3 Å². The average molecular weight is 314 g/mol. The van der Waals surface area contributed by atoms with Crippen LogP contribution in [-0.4, -0.2) is 23.3 Å². The molecule has 20 heavy (non-hydrogen) atoms. The average Bonchev–Trinajstić information content (AvgIpc) is 2.87. The van der Waals surface area contributed by atoms with Gasteiger partial charge in [0, 0.05) is 32.7 Å². The lowest BCUT2D eigenvalue weighted by molar-refractivity contribution is 0.190. The largest absolute Gasteiger partial charge is 0.385 e. The molecular formula is C14H17Cl2N3O. The highest BCUT2D eigenvalue weighted by molar-refractivity contribution is 6.39. The molecule has 1 N–H and O–H groups in total. The van der Waals surface area contributed by atoms with Crippen LogP contribution >= 0.6 is 23.2 Å². The molecule has 1 heterocycles. The number of ether oxygens (including phenoxy) is 1. The number of methoxy groups -OCH3 is 1. The number of imidazole rings is 1. The summed E-state index contributed by atoms with van der Waals surface area (Å²) >= 11 is 12.5. The molecule has 0 fully saturated rings. The third-order valence-electron chi connectivity index (χ3n) is 2.98. The Kier molecular flexibility index (Phi) is 5.29. The van der Waals surface area contributed by atoms with Gasteiger partial charge in [-0.2, -0.15) is 0 Å². The fourth-order valence-corrected chi connectivity index (χ4v) is 2.34. The first-order valence-electron chi connectivity index (χ1n) is 6.35. The van der Waals surface area contributed by atoms with Crippen molar-refractivity contribution in [2.24, 2.45) is 0 Å². The molecule has 0 amide bonds. The molecule has 0 unspecified atom stereocenters. The minimum absolute atomic E-state index is 0.576. The van der Waals surface area contributed by atoms with Gasteiger partial charge in [-0.15, -0.1) is 0 Å². The van der Waals surface area contributed by atoms with Crippen LogP contribution in [0.1, 0.15) is 12.0 Å². The smallest absolute Gasteiger partial charge is 0.207 e. The van der Waals surface area contributed by atoms with Crippen LogP contribution in [0.15, 0.2) is 24.5 Å². The van der Waals surface area contributed by atoms with Gasteiger partial charge in [0.1, 0.15) is 0 Å². The van der Waals surface area contributed by atoms with Gasteiger partial charge in [-0.1, -0.05) is 29.3 Å². The van der Waals surface area contributed by atoms with Crippen LogP contribution in [0.25, 0.3) is 0 Å². The molecule has 0 bridgehead atoms. The van der Waals surface area contributed by atoms with Crippen molar-refractivity contribution in [2.45, 2.75) is 19.9 Å². The Morgan fingerprint density at radius 3 is 2.90 bits per heavy atom.